The van der Waals surface area contributed by atoms with Crippen molar-refractivity contribution in [1.82, 2.24) is 26.9 Å². The Labute approximate surface area is 168 Å². The molecule has 28 heavy (non-hydrogen) atoms. The van der Waals surface area contributed by atoms with E-state index in [1.54, 1.807) is 24.3 Å². The zero-order valence-electron chi connectivity index (χ0n) is 13.9. The summed E-state index contributed by atoms with van der Waals surface area (Å²) in [5, 5.41) is 0. The van der Waals surface area contributed by atoms with Crippen molar-refractivity contribution in [2.75, 3.05) is 13.1 Å². The summed E-state index contributed by atoms with van der Waals surface area (Å²) in [5.74, 6) is 0. The summed E-state index contributed by atoms with van der Waals surface area (Å²) in [6, 6.07) is 9.32. The summed E-state index contributed by atoms with van der Waals surface area (Å²) in [7, 11) is -7.73. The van der Waals surface area contributed by atoms with E-state index in [0.717, 1.165) is 23.5 Å². The molecule has 4 aromatic rings. The third-order valence-corrected chi connectivity index (χ3v) is 7.86. The van der Waals surface area contributed by atoms with Crippen LogP contribution in [0.1, 0.15) is 0 Å². The van der Waals surface area contributed by atoms with E-state index < -0.39 is 20.0 Å². The summed E-state index contributed by atoms with van der Waals surface area (Å²) in [5.41, 5.74) is 1.53. The van der Waals surface area contributed by atoms with Crippen LogP contribution in [0, 0.1) is 0 Å². The second-order valence-corrected chi connectivity index (χ2v) is 10.1. The average molecular weight is 457 g/mol. The molecule has 0 saturated heterocycles. The zero-order chi connectivity index (χ0) is 19.8. The summed E-state index contributed by atoms with van der Waals surface area (Å²) in [6.07, 6.45) is 0. The van der Waals surface area contributed by atoms with Gasteiger partial charge in [-0.15, -0.1) is 0 Å². The normalized spacial score (nSPS) is 12.7. The second-order valence-electron chi connectivity index (χ2n) is 5.57. The highest BCUT2D eigenvalue weighted by Crippen LogP contribution is 2.21. The molecule has 0 spiro atoms. The highest BCUT2D eigenvalue weighted by molar-refractivity contribution is 7.90. The first-order chi connectivity index (χ1) is 13.4. The topological polar surface area (TPSA) is 144 Å². The monoisotopic (exact) mass is 456 g/mol. The molecule has 2 aromatic carbocycles. The number of nitrogens with one attached hydrogen (secondary N) is 2. The van der Waals surface area contributed by atoms with E-state index in [4.69, 9.17) is 0 Å². The molecular weight excluding hydrogens is 444 g/mol. The van der Waals surface area contributed by atoms with Crippen molar-refractivity contribution in [3.8, 4) is 0 Å². The number of nitrogens with zero attached hydrogens (tertiary/aromatic N) is 4. The molecule has 2 heterocycles. The van der Waals surface area contributed by atoms with Gasteiger partial charge in [0.2, 0.25) is 20.0 Å². The summed E-state index contributed by atoms with van der Waals surface area (Å²) < 4.78 is 70.8. The van der Waals surface area contributed by atoms with Gasteiger partial charge in [-0.3, -0.25) is 0 Å². The number of benzene rings is 2. The minimum atomic E-state index is -3.87. The fourth-order valence-electron chi connectivity index (χ4n) is 2.52. The average Bonchev–Trinajstić information content (AvgIpc) is 3.33. The van der Waals surface area contributed by atoms with Crippen LogP contribution in [0.2, 0.25) is 0 Å². The Bertz CT molecular complexity index is 1260. The van der Waals surface area contributed by atoms with E-state index in [1.807, 2.05) is 0 Å². The van der Waals surface area contributed by atoms with Crippen molar-refractivity contribution in [3.63, 3.8) is 0 Å². The standard InChI is InChI=1S/C14H12N6O4S4/c21-27(22,11-5-1-3-9-13(11)19-25-17-9)15-7-8-16-28(23,24)12-6-2-4-10-14(12)20-26-18-10/h1-6,15-16H,7-8H2. The molecule has 2 aromatic heterocycles. The lowest BCUT2D eigenvalue weighted by Gasteiger charge is -2.09. The highest BCUT2D eigenvalue weighted by atomic mass is 32.2. The van der Waals surface area contributed by atoms with Gasteiger partial charge in [-0.25, -0.2) is 26.3 Å². The summed E-state index contributed by atoms with van der Waals surface area (Å²) in [6.45, 7) is -0.276. The van der Waals surface area contributed by atoms with Gasteiger partial charge in [0.15, 0.2) is 0 Å². The summed E-state index contributed by atoms with van der Waals surface area (Å²) in [4.78, 5) is -0.000143. The maximum atomic E-state index is 12.5. The Balaban J connectivity index is 1.45. The van der Waals surface area contributed by atoms with E-state index in [1.165, 1.54) is 12.1 Å². The lowest BCUT2D eigenvalue weighted by molar-refractivity contribution is 0.571. The highest BCUT2D eigenvalue weighted by Gasteiger charge is 2.21. The fourth-order valence-corrected chi connectivity index (χ4v) is 6.12. The van der Waals surface area contributed by atoms with Crippen molar-refractivity contribution in [2.45, 2.75) is 9.79 Å². The van der Waals surface area contributed by atoms with Gasteiger partial charge in [0.1, 0.15) is 31.9 Å². The van der Waals surface area contributed by atoms with Crippen LogP contribution in [-0.2, 0) is 20.0 Å². The molecule has 146 valence electrons. The maximum Gasteiger partial charge on any atom is 0.242 e. The molecule has 0 saturated carbocycles. The zero-order valence-corrected chi connectivity index (χ0v) is 17.2. The van der Waals surface area contributed by atoms with Crippen LogP contribution in [0.3, 0.4) is 0 Å². The van der Waals surface area contributed by atoms with Gasteiger partial charge >= 0.3 is 0 Å². The first-order valence-corrected chi connectivity index (χ1v) is 12.2. The van der Waals surface area contributed by atoms with Gasteiger partial charge in [0.05, 0.1) is 23.5 Å². The first kappa shape index (κ1) is 19.2. The van der Waals surface area contributed by atoms with Gasteiger partial charge in [0.25, 0.3) is 0 Å². The van der Waals surface area contributed by atoms with Crippen molar-refractivity contribution < 1.29 is 16.8 Å². The summed E-state index contributed by atoms with van der Waals surface area (Å²) >= 11 is 1.84. The van der Waals surface area contributed by atoms with Crippen molar-refractivity contribution in [1.29, 1.82) is 0 Å². The lowest BCUT2D eigenvalue weighted by Crippen LogP contribution is -2.34. The second kappa shape index (κ2) is 7.38. The molecule has 2 N–H and O–H groups in total. The molecule has 0 aliphatic heterocycles. The smallest absolute Gasteiger partial charge is 0.210 e. The number of hydrogen-bond donors (Lipinski definition) is 2. The van der Waals surface area contributed by atoms with Gasteiger partial charge in [-0.1, -0.05) is 12.1 Å². The van der Waals surface area contributed by atoms with Crippen LogP contribution in [0.5, 0.6) is 0 Å². The predicted molar refractivity (Wildman–Crippen MR) is 105 cm³/mol. The minimum absolute atomic E-state index is 0.0000717. The third-order valence-electron chi connectivity index (χ3n) is 3.79. The SMILES string of the molecule is O=S(=O)(NCCNS(=O)(=O)c1cccc2nsnc12)c1cccc2nsnc12. The van der Waals surface area contributed by atoms with Gasteiger partial charge in [-0.2, -0.15) is 17.5 Å². The number of hydrogen-bond acceptors (Lipinski definition) is 10. The number of fused-ring (bicyclic) bond motifs is 2. The molecule has 0 amide bonds. The van der Waals surface area contributed by atoms with E-state index in [9.17, 15) is 16.8 Å². The van der Waals surface area contributed by atoms with Crippen molar-refractivity contribution in [2.24, 2.45) is 0 Å². The molecule has 0 aliphatic rings. The molecule has 0 bridgehead atoms. The molecule has 0 aliphatic carbocycles. The van der Waals surface area contributed by atoms with Crippen molar-refractivity contribution in [3.05, 3.63) is 36.4 Å². The van der Waals surface area contributed by atoms with E-state index >= 15 is 0 Å². The Morgan fingerprint density at radius 1 is 0.679 bits per heavy atom. The van der Waals surface area contributed by atoms with E-state index in [2.05, 4.69) is 26.9 Å². The molecule has 0 atom stereocenters. The Morgan fingerprint density at radius 3 is 1.54 bits per heavy atom. The van der Waals surface area contributed by atoms with Crippen LogP contribution in [0.25, 0.3) is 22.1 Å². The maximum absolute atomic E-state index is 12.5. The quantitative estimate of drug-likeness (QED) is 0.391. The van der Waals surface area contributed by atoms with Crippen LogP contribution < -0.4 is 9.44 Å². The number of aromatic nitrogens is 4. The minimum Gasteiger partial charge on any atom is -0.210 e. The van der Waals surface area contributed by atoms with Crippen LogP contribution in [-0.4, -0.2) is 47.4 Å². The Kier molecular flexibility index (Phi) is 5.07. The van der Waals surface area contributed by atoms with Crippen LogP contribution in [0.4, 0.5) is 0 Å². The Morgan fingerprint density at radius 2 is 1.11 bits per heavy atom. The van der Waals surface area contributed by atoms with Crippen LogP contribution in [0.15, 0.2) is 46.2 Å². The van der Waals surface area contributed by atoms with E-state index in [-0.39, 0.29) is 33.9 Å². The van der Waals surface area contributed by atoms with Gasteiger partial charge < -0.3 is 0 Å². The molecule has 4 rings (SSSR count). The molecule has 0 radical (unpaired) electrons. The molecule has 14 heteroatoms. The third kappa shape index (κ3) is 3.61. The number of rotatable bonds is 7. The molecule has 10 nitrogen and oxygen atoms in total. The van der Waals surface area contributed by atoms with Crippen molar-refractivity contribution >= 4 is 65.6 Å². The van der Waals surface area contributed by atoms with Gasteiger partial charge in [0, 0.05) is 13.1 Å². The largest absolute Gasteiger partial charge is 0.242 e. The first-order valence-electron chi connectivity index (χ1n) is 7.80. The molecular formula is C14H12N6O4S4. The number of sulfonamides is 2. The molecule has 0 fully saturated rings. The lowest BCUT2D eigenvalue weighted by atomic mass is 10.3. The molecule has 0 unspecified atom stereocenters. The van der Waals surface area contributed by atoms with E-state index in [0.29, 0.717) is 11.0 Å². The van der Waals surface area contributed by atoms with Gasteiger partial charge in [-0.05, 0) is 24.3 Å². The Hall–Kier alpha value is -2.10. The fraction of sp³-hybridized carbons (Fsp3) is 0.143. The predicted octanol–water partition coefficient (Wildman–Crippen LogP) is 0.953. The van der Waals surface area contributed by atoms with Crippen LogP contribution >= 0.6 is 23.5 Å².